The van der Waals surface area contributed by atoms with Gasteiger partial charge in [0, 0.05) is 12.1 Å². The topological polar surface area (TPSA) is 101 Å². The molecule has 1 heterocycles. The Balaban J connectivity index is 1.77. The number of nitrogens with one attached hydrogen (secondary N) is 1. The highest BCUT2D eigenvalue weighted by Gasteiger charge is 2.34. The van der Waals surface area contributed by atoms with Crippen molar-refractivity contribution in [1.29, 1.82) is 0 Å². The fourth-order valence-electron chi connectivity index (χ4n) is 2.77. The fraction of sp³-hybridized carbons (Fsp3) is 0.294. The van der Waals surface area contributed by atoms with E-state index in [4.69, 9.17) is 5.11 Å². The molecule has 25 heavy (non-hydrogen) atoms. The van der Waals surface area contributed by atoms with Crippen molar-refractivity contribution in [2.24, 2.45) is 5.92 Å². The summed E-state index contributed by atoms with van der Waals surface area (Å²) in [6.07, 6.45) is 1.47. The smallest absolute Gasteiger partial charge is 0.303 e. The lowest BCUT2D eigenvalue weighted by Crippen LogP contribution is -2.47. The maximum atomic E-state index is 13.0. The summed E-state index contributed by atoms with van der Waals surface area (Å²) in [5, 5.41) is 15.6. The molecule has 3 rings (SSSR count). The standard InChI is InChI=1S/C17H16FN3O4/c18-11-2-4-12(5-3-11)21-15(22)8-7-14(20-21)17(25)19-13-6-1-10(13)9-16(23)24/h2-5,7-8,10,13H,1,6,9H2,(H,19,25)(H,23,24)/t10-,13-/m0/s1. The molecule has 0 spiro atoms. The molecule has 2 atom stereocenters. The van der Waals surface area contributed by atoms with Crippen LogP contribution in [0.4, 0.5) is 4.39 Å². The van der Waals surface area contributed by atoms with Crippen LogP contribution in [0.25, 0.3) is 5.69 Å². The van der Waals surface area contributed by atoms with E-state index < -0.39 is 23.3 Å². The van der Waals surface area contributed by atoms with Crippen LogP contribution >= 0.6 is 0 Å². The van der Waals surface area contributed by atoms with Crippen molar-refractivity contribution >= 4 is 11.9 Å². The molecule has 2 aromatic rings. The van der Waals surface area contributed by atoms with Gasteiger partial charge in [0.2, 0.25) is 0 Å². The number of nitrogens with zero attached hydrogens (tertiary/aromatic N) is 2. The van der Waals surface area contributed by atoms with E-state index >= 15 is 0 Å². The van der Waals surface area contributed by atoms with E-state index in [1.165, 1.54) is 36.4 Å². The molecule has 2 N–H and O–H groups in total. The lowest BCUT2D eigenvalue weighted by Gasteiger charge is -2.36. The van der Waals surface area contributed by atoms with Crippen LogP contribution in [-0.4, -0.2) is 32.8 Å². The van der Waals surface area contributed by atoms with Crippen molar-refractivity contribution in [3.63, 3.8) is 0 Å². The van der Waals surface area contributed by atoms with Gasteiger partial charge in [-0.15, -0.1) is 0 Å². The predicted octanol–water partition coefficient (Wildman–Crippen LogP) is 1.35. The molecule has 0 saturated heterocycles. The van der Waals surface area contributed by atoms with Crippen molar-refractivity contribution < 1.29 is 19.1 Å². The van der Waals surface area contributed by atoms with E-state index in [-0.39, 0.29) is 24.1 Å². The monoisotopic (exact) mass is 345 g/mol. The lowest BCUT2D eigenvalue weighted by atomic mass is 9.77. The Kier molecular flexibility index (Phi) is 4.60. The van der Waals surface area contributed by atoms with Crippen LogP contribution < -0.4 is 10.9 Å². The van der Waals surface area contributed by atoms with E-state index in [2.05, 4.69) is 10.4 Å². The normalized spacial score (nSPS) is 19.1. The summed E-state index contributed by atoms with van der Waals surface area (Å²) in [5.41, 5.74) is -0.0751. The Morgan fingerprint density at radius 2 is 1.92 bits per heavy atom. The van der Waals surface area contributed by atoms with E-state index in [1.807, 2.05) is 0 Å². The molecule has 1 aliphatic rings. The minimum absolute atomic E-state index is 0.00739. The molecular formula is C17H16FN3O4. The number of amides is 1. The van der Waals surface area contributed by atoms with Gasteiger partial charge in [0.25, 0.3) is 11.5 Å². The summed E-state index contributed by atoms with van der Waals surface area (Å²) in [6, 6.07) is 7.47. The highest BCUT2D eigenvalue weighted by Crippen LogP contribution is 2.30. The molecule has 0 bridgehead atoms. The molecule has 1 fully saturated rings. The van der Waals surface area contributed by atoms with E-state index in [0.29, 0.717) is 12.1 Å². The van der Waals surface area contributed by atoms with E-state index in [0.717, 1.165) is 11.1 Å². The Hall–Kier alpha value is -3.03. The first kappa shape index (κ1) is 16.8. The van der Waals surface area contributed by atoms with Crippen LogP contribution in [0.1, 0.15) is 29.8 Å². The summed E-state index contributed by atoms with van der Waals surface area (Å²) in [5.74, 6) is -1.91. The second kappa shape index (κ2) is 6.84. The maximum absolute atomic E-state index is 13.0. The van der Waals surface area contributed by atoms with Crippen LogP contribution in [0.3, 0.4) is 0 Å². The quantitative estimate of drug-likeness (QED) is 0.852. The highest BCUT2D eigenvalue weighted by atomic mass is 19.1. The number of carbonyl (C=O) groups excluding carboxylic acids is 1. The van der Waals surface area contributed by atoms with Crippen LogP contribution in [-0.2, 0) is 4.79 Å². The number of carbonyl (C=O) groups is 2. The first-order chi connectivity index (χ1) is 11.9. The van der Waals surface area contributed by atoms with Crippen molar-refractivity contribution in [3.8, 4) is 5.69 Å². The first-order valence-corrected chi connectivity index (χ1v) is 7.83. The zero-order chi connectivity index (χ0) is 18.0. The number of aliphatic carboxylic acids is 1. The van der Waals surface area contributed by atoms with Gasteiger partial charge < -0.3 is 10.4 Å². The Morgan fingerprint density at radius 3 is 2.52 bits per heavy atom. The summed E-state index contributed by atoms with van der Waals surface area (Å²) in [6.45, 7) is 0. The van der Waals surface area contributed by atoms with Crippen LogP contribution in [0.5, 0.6) is 0 Å². The first-order valence-electron chi connectivity index (χ1n) is 7.83. The van der Waals surface area contributed by atoms with Gasteiger partial charge >= 0.3 is 5.97 Å². The van der Waals surface area contributed by atoms with Gasteiger partial charge in [-0.05, 0) is 49.1 Å². The average molecular weight is 345 g/mol. The number of aromatic nitrogens is 2. The Morgan fingerprint density at radius 1 is 1.20 bits per heavy atom. The third kappa shape index (κ3) is 3.73. The Bertz CT molecular complexity index is 863. The number of hydrogen-bond donors (Lipinski definition) is 2. The summed E-state index contributed by atoms with van der Waals surface area (Å²) < 4.78 is 14.0. The summed E-state index contributed by atoms with van der Waals surface area (Å²) >= 11 is 0. The minimum atomic E-state index is -0.896. The summed E-state index contributed by atoms with van der Waals surface area (Å²) in [7, 11) is 0. The van der Waals surface area contributed by atoms with Crippen molar-refractivity contribution in [2.75, 3.05) is 0 Å². The third-order valence-electron chi connectivity index (χ3n) is 4.27. The predicted molar refractivity (Wildman–Crippen MR) is 86.0 cm³/mol. The SMILES string of the molecule is O=C(O)C[C@@H]1CC[C@@H]1NC(=O)c1ccc(=O)n(-c2ccc(F)cc2)n1. The molecule has 1 aliphatic carbocycles. The number of carboxylic acid groups (broad SMARTS) is 1. The highest BCUT2D eigenvalue weighted by molar-refractivity contribution is 5.92. The van der Waals surface area contributed by atoms with Crippen molar-refractivity contribution in [2.45, 2.75) is 25.3 Å². The van der Waals surface area contributed by atoms with Gasteiger partial charge in [-0.2, -0.15) is 9.78 Å². The molecule has 1 amide bonds. The Labute approximate surface area is 142 Å². The molecule has 1 aromatic carbocycles. The molecule has 0 unspecified atom stereocenters. The zero-order valence-corrected chi connectivity index (χ0v) is 13.2. The lowest BCUT2D eigenvalue weighted by molar-refractivity contribution is -0.139. The van der Waals surface area contributed by atoms with Crippen LogP contribution in [0.2, 0.25) is 0 Å². The second-order valence-electron chi connectivity index (χ2n) is 5.96. The van der Waals surface area contributed by atoms with E-state index in [1.54, 1.807) is 0 Å². The fourth-order valence-corrected chi connectivity index (χ4v) is 2.77. The number of carboxylic acids is 1. The molecule has 130 valence electrons. The average Bonchev–Trinajstić information content (AvgIpc) is 2.57. The second-order valence-corrected chi connectivity index (χ2v) is 5.96. The largest absolute Gasteiger partial charge is 0.481 e. The molecular weight excluding hydrogens is 329 g/mol. The number of halogens is 1. The van der Waals surface area contributed by atoms with Gasteiger partial charge in [0.05, 0.1) is 12.1 Å². The molecule has 0 radical (unpaired) electrons. The third-order valence-corrected chi connectivity index (χ3v) is 4.27. The molecule has 0 aliphatic heterocycles. The minimum Gasteiger partial charge on any atom is -0.481 e. The number of hydrogen-bond acceptors (Lipinski definition) is 4. The van der Waals surface area contributed by atoms with Gasteiger partial charge in [-0.1, -0.05) is 0 Å². The van der Waals surface area contributed by atoms with Gasteiger partial charge in [-0.3, -0.25) is 14.4 Å². The number of benzene rings is 1. The van der Waals surface area contributed by atoms with Crippen LogP contribution in [0, 0.1) is 11.7 Å². The van der Waals surface area contributed by atoms with Gasteiger partial charge in [0.15, 0.2) is 0 Å². The molecule has 8 heteroatoms. The van der Waals surface area contributed by atoms with Gasteiger partial charge in [-0.25, -0.2) is 4.39 Å². The number of rotatable bonds is 5. The van der Waals surface area contributed by atoms with Crippen molar-refractivity contribution in [3.05, 3.63) is 58.3 Å². The van der Waals surface area contributed by atoms with E-state index in [9.17, 15) is 18.8 Å². The molecule has 1 aromatic heterocycles. The van der Waals surface area contributed by atoms with Crippen molar-refractivity contribution in [1.82, 2.24) is 15.1 Å². The van der Waals surface area contributed by atoms with Gasteiger partial charge in [0.1, 0.15) is 11.5 Å². The maximum Gasteiger partial charge on any atom is 0.303 e. The summed E-state index contributed by atoms with van der Waals surface area (Å²) in [4.78, 5) is 35.1. The van der Waals surface area contributed by atoms with Crippen LogP contribution in [0.15, 0.2) is 41.2 Å². The molecule has 1 saturated carbocycles. The zero-order valence-electron chi connectivity index (χ0n) is 13.2. The molecule has 7 nitrogen and oxygen atoms in total.